The van der Waals surface area contributed by atoms with Gasteiger partial charge in [-0.15, -0.1) is 0 Å². The van der Waals surface area contributed by atoms with Crippen molar-refractivity contribution in [2.24, 2.45) is 0 Å². The first-order valence-corrected chi connectivity index (χ1v) is 4.14. The minimum atomic E-state index is 0.212. The number of halogens is 1. The van der Waals surface area contributed by atoms with Gasteiger partial charge in [-0.05, 0) is 18.2 Å². The van der Waals surface area contributed by atoms with Crippen molar-refractivity contribution < 1.29 is 5.11 Å². The Hall–Kier alpha value is -1.48. The molecule has 2 aromatic rings. The molecule has 66 valence electrons. The van der Waals surface area contributed by atoms with Crippen LogP contribution in [0.15, 0.2) is 36.5 Å². The van der Waals surface area contributed by atoms with E-state index in [1.807, 2.05) is 6.07 Å². The maximum atomic E-state index is 9.21. The molecule has 0 saturated heterocycles. The van der Waals surface area contributed by atoms with Crippen LogP contribution in [0.2, 0.25) is 5.15 Å². The third-order valence-electron chi connectivity index (χ3n) is 1.65. The zero-order valence-corrected chi connectivity index (χ0v) is 7.44. The predicted octanol–water partition coefficient (Wildman–Crippen LogP) is 2.23. The summed E-state index contributed by atoms with van der Waals surface area (Å²) in [5.74, 6) is 0.212. The summed E-state index contributed by atoms with van der Waals surface area (Å²) in [5.41, 5.74) is 0.784. The minimum Gasteiger partial charge on any atom is -0.508 e. The predicted molar refractivity (Wildman–Crippen MR) is 50.2 cm³/mol. The van der Waals surface area contributed by atoms with Gasteiger partial charge in [0.1, 0.15) is 5.75 Å². The van der Waals surface area contributed by atoms with Gasteiger partial charge in [-0.2, -0.15) is 5.10 Å². The van der Waals surface area contributed by atoms with Gasteiger partial charge in [0.15, 0.2) is 5.15 Å². The number of benzene rings is 1. The summed E-state index contributed by atoms with van der Waals surface area (Å²) in [7, 11) is 0. The van der Waals surface area contributed by atoms with Crippen LogP contribution in [0.5, 0.6) is 5.75 Å². The Bertz CT molecular complexity index is 425. The van der Waals surface area contributed by atoms with Gasteiger partial charge in [0.25, 0.3) is 0 Å². The standard InChI is InChI=1S/C9H7ClN2O/c10-9-4-5-12(11-9)7-2-1-3-8(13)6-7/h1-6,13H. The summed E-state index contributed by atoms with van der Waals surface area (Å²) >= 11 is 5.66. The van der Waals surface area contributed by atoms with E-state index in [9.17, 15) is 5.11 Å². The highest BCUT2D eigenvalue weighted by Crippen LogP contribution is 2.15. The smallest absolute Gasteiger partial charge is 0.151 e. The molecule has 1 aromatic carbocycles. The largest absolute Gasteiger partial charge is 0.508 e. The van der Waals surface area contributed by atoms with Crippen LogP contribution in [-0.2, 0) is 0 Å². The first-order chi connectivity index (χ1) is 6.25. The summed E-state index contributed by atoms with van der Waals surface area (Å²) in [6.07, 6.45) is 1.73. The van der Waals surface area contributed by atoms with Crippen LogP contribution in [0.25, 0.3) is 5.69 Å². The van der Waals surface area contributed by atoms with E-state index in [1.165, 1.54) is 0 Å². The minimum absolute atomic E-state index is 0.212. The number of aromatic hydroxyl groups is 1. The zero-order chi connectivity index (χ0) is 9.26. The molecule has 0 amide bonds. The number of rotatable bonds is 1. The number of hydrogen-bond donors (Lipinski definition) is 1. The SMILES string of the molecule is Oc1cccc(-n2ccc(Cl)n2)c1. The van der Waals surface area contributed by atoms with E-state index in [4.69, 9.17) is 11.6 Å². The summed E-state index contributed by atoms with van der Waals surface area (Å²) in [5, 5.41) is 13.6. The normalized spacial score (nSPS) is 10.2. The molecule has 0 radical (unpaired) electrons. The Kier molecular flexibility index (Phi) is 1.94. The molecule has 1 aromatic heterocycles. The molecular formula is C9H7ClN2O. The van der Waals surface area contributed by atoms with Crippen LogP contribution < -0.4 is 0 Å². The van der Waals surface area contributed by atoms with E-state index in [1.54, 1.807) is 35.1 Å². The van der Waals surface area contributed by atoms with Crippen LogP contribution in [0.4, 0.5) is 0 Å². The molecule has 0 bridgehead atoms. The average Bonchev–Trinajstić information content (AvgIpc) is 2.52. The second-order valence-corrected chi connectivity index (χ2v) is 2.99. The highest BCUT2D eigenvalue weighted by Gasteiger charge is 1.98. The quantitative estimate of drug-likeness (QED) is 0.756. The monoisotopic (exact) mass is 194 g/mol. The van der Waals surface area contributed by atoms with Crippen molar-refractivity contribution in [3.63, 3.8) is 0 Å². The molecule has 0 fully saturated rings. The Morgan fingerprint density at radius 1 is 1.31 bits per heavy atom. The maximum Gasteiger partial charge on any atom is 0.151 e. The molecule has 3 nitrogen and oxygen atoms in total. The highest BCUT2D eigenvalue weighted by molar-refractivity contribution is 6.29. The van der Waals surface area contributed by atoms with Crippen LogP contribution >= 0.6 is 11.6 Å². The lowest BCUT2D eigenvalue weighted by Crippen LogP contribution is -1.93. The van der Waals surface area contributed by atoms with E-state index >= 15 is 0 Å². The van der Waals surface area contributed by atoms with Crippen LogP contribution in [0.3, 0.4) is 0 Å². The zero-order valence-electron chi connectivity index (χ0n) is 6.68. The Morgan fingerprint density at radius 3 is 2.77 bits per heavy atom. The van der Waals surface area contributed by atoms with Gasteiger partial charge >= 0.3 is 0 Å². The fourth-order valence-electron chi connectivity index (χ4n) is 1.08. The van der Waals surface area contributed by atoms with Crippen molar-refractivity contribution in [3.05, 3.63) is 41.7 Å². The van der Waals surface area contributed by atoms with Gasteiger partial charge in [0.05, 0.1) is 5.69 Å². The van der Waals surface area contributed by atoms with Crippen LogP contribution in [0.1, 0.15) is 0 Å². The second-order valence-electron chi connectivity index (χ2n) is 2.60. The molecule has 0 saturated carbocycles. The average molecular weight is 195 g/mol. The van der Waals surface area contributed by atoms with Crippen molar-refractivity contribution >= 4 is 11.6 Å². The summed E-state index contributed by atoms with van der Waals surface area (Å²) in [4.78, 5) is 0. The van der Waals surface area contributed by atoms with Gasteiger partial charge in [0.2, 0.25) is 0 Å². The van der Waals surface area contributed by atoms with E-state index in [0.717, 1.165) is 5.69 Å². The Labute approximate surface area is 80.2 Å². The molecule has 0 aliphatic rings. The molecule has 0 atom stereocenters. The highest BCUT2D eigenvalue weighted by atomic mass is 35.5. The molecule has 0 spiro atoms. The Balaban J connectivity index is 2.46. The van der Waals surface area contributed by atoms with Gasteiger partial charge in [0, 0.05) is 12.3 Å². The Morgan fingerprint density at radius 2 is 2.15 bits per heavy atom. The fraction of sp³-hybridized carbons (Fsp3) is 0. The molecule has 2 rings (SSSR count). The number of phenolic OH excluding ortho intramolecular Hbond substituents is 1. The lowest BCUT2D eigenvalue weighted by molar-refractivity contribution is 0.475. The topological polar surface area (TPSA) is 38.0 Å². The van der Waals surface area contributed by atoms with E-state index in [-0.39, 0.29) is 5.75 Å². The van der Waals surface area contributed by atoms with Gasteiger partial charge in [-0.25, -0.2) is 4.68 Å². The molecule has 4 heteroatoms. The molecule has 0 aliphatic carbocycles. The van der Waals surface area contributed by atoms with Crippen molar-refractivity contribution in [2.45, 2.75) is 0 Å². The third-order valence-corrected chi connectivity index (χ3v) is 1.85. The number of hydrogen-bond acceptors (Lipinski definition) is 2. The van der Waals surface area contributed by atoms with Crippen molar-refractivity contribution in [3.8, 4) is 11.4 Å². The summed E-state index contributed by atoms with van der Waals surface area (Å²) in [6.45, 7) is 0. The van der Waals surface area contributed by atoms with Crippen molar-refractivity contribution in [2.75, 3.05) is 0 Å². The molecule has 13 heavy (non-hydrogen) atoms. The molecule has 1 N–H and O–H groups in total. The second kappa shape index (κ2) is 3.11. The first kappa shape index (κ1) is 8.13. The fourth-order valence-corrected chi connectivity index (χ4v) is 1.22. The van der Waals surface area contributed by atoms with Gasteiger partial charge < -0.3 is 5.11 Å². The lowest BCUT2D eigenvalue weighted by atomic mass is 10.3. The van der Waals surface area contributed by atoms with E-state index in [2.05, 4.69) is 5.10 Å². The molecule has 0 aliphatic heterocycles. The van der Waals surface area contributed by atoms with E-state index in [0.29, 0.717) is 5.15 Å². The third kappa shape index (κ3) is 1.65. The number of nitrogens with zero attached hydrogens (tertiary/aromatic N) is 2. The van der Waals surface area contributed by atoms with Crippen LogP contribution in [-0.4, -0.2) is 14.9 Å². The summed E-state index contributed by atoms with van der Waals surface area (Å²) < 4.78 is 1.60. The van der Waals surface area contributed by atoms with Gasteiger partial charge in [-0.1, -0.05) is 17.7 Å². The number of phenols is 1. The summed E-state index contributed by atoms with van der Waals surface area (Å²) in [6, 6.07) is 8.49. The molecule has 0 unspecified atom stereocenters. The number of aromatic nitrogens is 2. The van der Waals surface area contributed by atoms with E-state index < -0.39 is 0 Å². The van der Waals surface area contributed by atoms with Gasteiger partial charge in [-0.3, -0.25) is 0 Å². The van der Waals surface area contributed by atoms with Crippen LogP contribution in [0, 0.1) is 0 Å². The molecule has 1 heterocycles. The van der Waals surface area contributed by atoms with Crippen molar-refractivity contribution in [1.82, 2.24) is 9.78 Å². The molecular weight excluding hydrogens is 188 g/mol. The first-order valence-electron chi connectivity index (χ1n) is 3.76. The lowest BCUT2D eigenvalue weighted by Gasteiger charge is -2.00. The van der Waals surface area contributed by atoms with Crippen molar-refractivity contribution in [1.29, 1.82) is 0 Å². The maximum absolute atomic E-state index is 9.21.